The molecule has 0 N–H and O–H groups in total. The molecule has 0 aliphatic rings. The Morgan fingerprint density at radius 3 is 1.73 bits per heavy atom. The SMILES string of the molecule is Cc1cc(-c2ccccc2)c(-n2ccnc2-c2[c-]ccc(-c3ccccc3)c2)c(-c2ccccc2)c1.[Ir]. The minimum atomic E-state index is 0. The number of hydrogen-bond acceptors (Lipinski definition) is 1. The van der Waals surface area contributed by atoms with Crippen LogP contribution < -0.4 is 0 Å². The van der Waals surface area contributed by atoms with Crippen LogP contribution in [0.25, 0.3) is 50.5 Å². The molecule has 0 aliphatic heterocycles. The molecule has 2 nitrogen and oxygen atoms in total. The number of rotatable bonds is 5. The first-order valence-corrected chi connectivity index (χ1v) is 12.1. The standard InChI is InChI=1S/C34H25N2.Ir/c1-25-22-31(27-14-7-3-8-15-27)33(32(23-25)28-16-9-4-10-17-28)36-21-20-35-34(36)30-19-11-18-29(24-30)26-12-5-2-6-13-26;/h2-18,20-24H,1H3;/q-1;. The van der Waals surface area contributed by atoms with E-state index in [1.165, 1.54) is 33.4 Å². The zero-order chi connectivity index (χ0) is 24.3. The van der Waals surface area contributed by atoms with E-state index < -0.39 is 0 Å². The van der Waals surface area contributed by atoms with E-state index in [0.29, 0.717) is 0 Å². The van der Waals surface area contributed by atoms with Crippen molar-refractivity contribution in [1.82, 2.24) is 9.55 Å². The van der Waals surface area contributed by atoms with Crippen LogP contribution in [0, 0.1) is 13.0 Å². The van der Waals surface area contributed by atoms with Crippen LogP contribution in [0.4, 0.5) is 0 Å². The second-order valence-corrected chi connectivity index (χ2v) is 8.92. The van der Waals surface area contributed by atoms with Gasteiger partial charge in [-0.1, -0.05) is 91.0 Å². The molecule has 0 atom stereocenters. The fraction of sp³-hybridized carbons (Fsp3) is 0.0294. The maximum atomic E-state index is 4.82. The molecular formula is C34H25IrN2-. The summed E-state index contributed by atoms with van der Waals surface area (Å²) in [5.74, 6) is 0.867. The third kappa shape index (κ3) is 4.97. The van der Waals surface area contributed by atoms with Crippen LogP contribution >= 0.6 is 0 Å². The number of benzene rings is 5. The zero-order valence-corrected chi connectivity index (χ0v) is 22.8. The van der Waals surface area contributed by atoms with E-state index >= 15 is 0 Å². The number of nitrogens with zero attached hydrogens (tertiary/aromatic N) is 2. The van der Waals surface area contributed by atoms with E-state index in [1.807, 2.05) is 18.3 Å². The van der Waals surface area contributed by atoms with Crippen molar-refractivity contribution in [2.45, 2.75) is 6.92 Å². The maximum Gasteiger partial charge on any atom is 0.0603 e. The van der Waals surface area contributed by atoms with Gasteiger partial charge in [0.2, 0.25) is 0 Å². The zero-order valence-electron chi connectivity index (χ0n) is 20.4. The summed E-state index contributed by atoms with van der Waals surface area (Å²) in [7, 11) is 0. The van der Waals surface area contributed by atoms with Gasteiger partial charge in [0.1, 0.15) is 0 Å². The molecule has 0 fully saturated rings. The normalized spacial score (nSPS) is 10.6. The van der Waals surface area contributed by atoms with Gasteiger partial charge in [-0.25, -0.2) is 0 Å². The first-order valence-electron chi connectivity index (χ1n) is 12.1. The molecule has 6 aromatic rings. The molecule has 6 rings (SSSR count). The van der Waals surface area contributed by atoms with Gasteiger partial charge in [-0.15, -0.1) is 35.4 Å². The third-order valence-electron chi connectivity index (χ3n) is 6.46. The average molecular weight is 654 g/mol. The van der Waals surface area contributed by atoms with Crippen LogP contribution in [0.2, 0.25) is 0 Å². The number of hydrogen-bond donors (Lipinski definition) is 0. The van der Waals surface area contributed by atoms with Gasteiger partial charge >= 0.3 is 0 Å². The van der Waals surface area contributed by atoms with Crippen molar-refractivity contribution >= 4 is 0 Å². The van der Waals surface area contributed by atoms with Gasteiger partial charge in [-0.2, -0.15) is 0 Å². The minimum absolute atomic E-state index is 0. The molecule has 5 aromatic carbocycles. The summed E-state index contributed by atoms with van der Waals surface area (Å²) < 4.78 is 2.21. The predicted molar refractivity (Wildman–Crippen MR) is 149 cm³/mol. The maximum absolute atomic E-state index is 4.82. The van der Waals surface area contributed by atoms with Gasteiger partial charge in [-0.3, -0.25) is 4.98 Å². The van der Waals surface area contributed by atoms with E-state index in [4.69, 9.17) is 4.98 Å². The van der Waals surface area contributed by atoms with Crippen LogP contribution in [-0.4, -0.2) is 9.55 Å². The quantitative estimate of drug-likeness (QED) is 0.170. The van der Waals surface area contributed by atoms with Gasteiger partial charge in [0, 0.05) is 43.6 Å². The molecule has 0 unspecified atom stereocenters. The summed E-state index contributed by atoms with van der Waals surface area (Å²) in [6.07, 6.45) is 3.93. The molecule has 0 spiro atoms. The number of aromatic nitrogens is 2. The molecule has 1 heterocycles. The van der Waals surface area contributed by atoms with E-state index in [-0.39, 0.29) is 20.1 Å². The van der Waals surface area contributed by atoms with Crippen molar-refractivity contribution in [1.29, 1.82) is 0 Å². The summed E-state index contributed by atoms with van der Waals surface area (Å²) in [6.45, 7) is 2.16. The Kier molecular flexibility index (Phi) is 7.27. The van der Waals surface area contributed by atoms with Gasteiger partial charge in [0.05, 0.1) is 11.5 Å². The third-order valence-corrected chi connectivity index (χ3v) is 6.46. The van der Waals surface area contributed by atoms with Crippen molar-refractivity contribution in [3.05, 3.63) is 145 Å². The Balaban J connectivity index is 0.00000280. The van der Waals surface area contributed by atoms with Crippen molar-refractivity contribution in [3.8, 4) is 50.5 Å². The fourth-order valence-corrected chi connectivity index (χ4v) is 4.80. The molecule has 3 heteroatoms. The Morgan fingerprint density at radius 1 is 0.622 bits per heavy atom. The van der Waals surface area contributed by atoms with E-state index in [2.05, 4.69) is 133 Å². The monoisotopic (exact) mass is 654 g/mol. The van der Waals surface area contributed by atoms with E-state index in [1.54, 1.807) is 0 Å². The second kappa shape index (κ2) is 10.9. The second-order valence-electron chi connectivity index (χ2n) is 8.92. The minimum Gasteiger partial charge on any atom is -0.339 e. The van der Waals surface area contributed by atoms with Crippen molar-refractivity contribution in [2.24, 2.45) is 0 Å². The van der Waals surface area contributed by atoms with Crippen molar-refractivity contribution < 1.29 is 20.1 Å². The fourth-order valence-electron chi connectivity index (χ4n) is 4.80. The summed E-state index contributed by atoms with van der Waals surface area (Å²) >= 11 is 0. The van der Waals surface area contributed by atoms with Gasteiger partial charge in [0.15, 0.2) is 0 Å². The van der Waals surface area contributed by atoms with Gasteiger partial charge in [-0.05, 0) is 41.3 Å². The first-order chi connectivity index (χ1) is 17.8. The molecule has 1 radical (unpaired) electrons. The van der Waals surface area contributed by atoms with Crippen LogP contribution in [-0.2, 0) is 20.1 Å². The average Bonchev–Trinajstić information content (AvgIpc) is 3.44. The summed E-state index contributed by atoms with van der Waals surface area (Å²) in [4.78, 5) is 4.82. The van der Waals surface area contributed by atoms with Crippen LogP contribution in [0.1, 0.15) is 5.56 Å². The molecule has 0 aliphatic carbocycles. The first kappa shape index (κ1) is 24.6. The van der Waals surface area contributed by atoms with Crippen molar-refractivity contribution in [2.75, 3.05) is 0 Å². The Labute approximate surface area is 231 Å². The Hall–Kier alpha value is -4.04. The topological polar surface area (TPSA) is 17.8 Å². The smallest absolute Gasteiger partial charge is 0.0603 e. The van der Waals surface area contributed by atoms with Gasteiger partial charge in [0.25, 0.3) is 0 Å². The van der Waals surface area contributed by atoms with E-state index in [0.717, 1.165) is 22.6 Å². The molecule has 0 bridgehead atoms. The van der Waals surface area contributed by atoms with Crippen LogP contribution in [0.5, 0.6) is 0 Å². The summed E-state index contributed by atoms with van der Waals surface area (Å²) in [6, 6.07) is 45.9. The van der Waals surface area contributed by atoms with Crippen molar-refractivity contribution in [3.63, 3.8) is 0 Å². The molecule has 0 amide bonds. The molecule has 181 valence electrons. The molecule has 0 saturated heterocycles. The summed E-state index contributed by atoms with van der Waals surface area (Å²) in [5, 5.41) is 0. The van der Waals surface area contributed by atoms with Gasteiger partial charge < -0.3 is 4.57 Å². The summed E-state index contributed by atoms with van der Waals surface area (Å²) in [5.41, 5.74) is 10.3. The van der Waals surface area contributed by atoms with Crippen LogP contribution in [0.3, 0.4) is 0 Å². The van der Waals surface area contributed by atoms with E-state index in [9.17, 15) is 0 Å². The Morgan fingerprint density at radius 2 is 1.16 bits per heavy atom. The molecule has 37 heavy (non-hydrogen) atoms. The predicted octanol–water partition coefficient (Wildman–Crippen LogP) is 8.65. The molecule has 0 saturated carbocycles. The largest absolute Gasteiger partial charge is 0.339 e. The van der Waals surface area contributed by atoms with Crippen LogP contribution in [0.15, 0.2) is 134 Å². The Bertz CT molecular complexity index is 1560. The molecule has 1 aromatic heterocycles. The molecular weight excluding hydrogens is 629 g/mol. The number of aryl methyl sites for hydroxylation is 1. The number of imidazole rings is 1.